The number of carbonyl (C=O) groups excluding carboxylic acids is 4. The smallest absolute Gasteiger partial charge is 0.315 e. The molecule has 0 saturated carbocycles. The summed E-state index contributed by atoms with van der Waals surface area (Å²) in [4.78, 5) is 48.8. The van der Waals surface area contributed by atoms with Crippen molar-refractivity contribution in [3.8, 4) is 0 Å². The number of likely N-dealkylation sites (N-methyl/N-ethyl adjacent to an activating group) is 1. The molecule has 8 heteroatoms. The summed E-state index contributed by atoms with van der Waals surface area (Å²) in [6, 6.07) is 4.52. The Bertz CT molecular complexity index is 720. The summed E-state index contributed by atoms with van der Waals surface area (Å²) in [6.45, 7) is 3.21. The molecule has 2 rings (SSSR count). The first-order valence-corrected chi connectivity index (χ1v) is 9.11. The van der Waals surface area contributed by atoms with E-state index in [2.05, 4.69) is 16.0 Å². The Kier molecular flexibility index (Phi) is 7.34. The van der Waals surface area contributed by atoms with Crippen LogP contribution in [0.3, 0.4) is 0 Å². The first-order valence-electron chi connectivity index (χ1n) is 9.11. The van der Waals surface area contributed by atoms with Gasteiger partial charge in [0.2, 0.25) is 5.91 Å². The third-order valence-electron chi connectivity index (χ3n) is 4.48. The molecule has 0 radical (unpaired) electrons. The van der Waals surface area contributed by atoms with Crippen LogP contribution in [0.1, 0.15) is 47.7 Å². The summed E-state index contributed by atoms with van der Waals surface area (Å²) in [5, 5.41) is 8.03. The standard InChI is InChI=1S/C19H26N4O4/c1-3-8-21-19(27)22-11-13-6-7-14-12-23(18(26)15(14)10-13)16(5-4-9-24)17(25)20-2/h6-7,9-10,16H,3-5,8,11-12H2,1-2H3,(H,20,25)(H2,21,22,27). The second-order valence-electron chi connectivity index (χ2n) is 6.41. The topological polar surface area (TPSA) is 108 Å². The van der Waals surface area contributed by atoms with Crippen molar-refractivity contribution < 1.29 is 19.2 Å². The highest BCUT2D eigenvalue weighted by Gasteiger charge is 2.35. The Labute approximate surface area is 158 Å². The molecule has 8 nitrogen and oxygen atoms in total. The lowest BCUT2D eigenvalue weighted by Crippen LogP contribution is -2.46. The van der Waals surface area contributed by atoms with Gasteiger partial charge in [0.05, 0.1) is 0 Å². The number of fused-ring (bicyclic) bond motifs is 1. The van der Waals surface area contributed by atoms with E-state index in [9.17, 15) is 19.2 Å². The zero-order valence-electron chi connectivity index (χ0n) is 15.7. The van der Waals surface area contributed by atoms with Crippen molar-refractivity contribution in [2.45, 2.75) is 45.3 Å². The van der Waals surface area contributed by atoms with Gasteiger partial charge in [0, 0.05) is 38.7 Å². The van der Waals surface area contributed by atoms with Crippen molar-refractivity contribution in [1.82, 2.24) is 20.9 Å². The lowest BCUT2D eigenvalue weighted by Gasteiger charge is -2.25. The van der Waals surface area contributed by atoms with E-state index in [1.807, 2.05) is 19.1 Å². The SMILES string of the molecule is CCCNC(=O)NCc1ccc2c(c1)C(=O)N(C(CCC=O)C(=O)NC)C2. The van der Waals surface area contributed by atoms with Gasteiger partial charge in [-0.2, -0.15) is 0 Å². The van der Waals surface area contributed by atoms with Crippen molar-refractivity contribution in [2.75, 3.05) is 13.6 Å². The maximum atomic E-state index is 12.8. The van der Waals surface area contributed by atoms with Gasteiger partial charge >= 0.3 is 6.03 Å². The highest BCUT2D eigenvalue weighted by Crippen LogP contribution is 2.27. The van der Waals surface area contributed by atoms with Crippen LogP contribution in [0, 0.1) is 0 Å². The second kappa shape index (κ2) is 9.70. The fourth-order valence-electron chi connectivity index (χ4n) is 3.04. The van der Waals surface area contributed by atoms with E-state index in [1.165, 1.54) is 11.9 Å². The molecular formula is C19H26N4O4. The monoisotopic (exact) mass is 374 g/mol. The third-order valence-corrected chi connectivity index (χ3v) is 4.48. The van der Waals surface area contributed by atoms with E-state index in [1.54, 1.807) is 6.07 Å². The van der Waals surface area contributed by atoms with Crippen molar-refractivity contribution in [1.29, 1.82) is 0 Å². The van der Waals surface area contributed by atoms with Crippen molar-refractivity contribution in [3.05, 3.63) is 34.9 Å². The van der Waals surface area contributed by atoms with Crippen LogP contribution in [0.25, 0.3) is 0 Å². The zero-order chi connectivity index (χ0) is 19.8. The first kappa shape index (κ1) is 20.4. The molecule has 1 aromatic carbocycles. The number of aldehydes is 1. The van der Waals surface area contributed by atoms with Gasteiger partial charge in [-0.15, -0.1) is 0 Å². The van der Waals surface area contributed by atoms with E-state index in [0.717, 1.165) is 23.8 Å². The van der Waals surface area contributed by atoms with E-state index < -0.39 is 6.04 Å². The molecule has 0 fully saturated rings. The lowest BCUT2D eigenvalue weighted by molar-refractivity contribution is -0.125. The zero-order valence-corrected chi connectivity index (χ0v) is 15.7. The average molecular weight is 374 g/mol. The van der Waals surface area contributed by atoms with E-state index in [4.69, 9.17) is 0 Å². The number of carbonyl (C=O) groups is 4. The fourth-order valence-corrected chi connectivity index (χ4v) is 3.04. The van der Waals surface area contributed by atoms with Crippen LogP contribution < -0.4 is 16.0 Å². The molecular weight excluding hydrogens is 348 g/mol. The molecule has 146 valence electrons. The van der Waals surface area contributed by atoms with Crippen molar-refractivity contribution in [3.63, 3.8) is 0 Å². The van der Waals surface area contributed by atoms with Gasteiger partial charge in [0.1, 0.15) is 12.3 Å². The quantitative estimate of drug-likeness (QED) is 0.559. The Balaban J connectivity index is 2.08. The van der Waals surface area contributed by atoms with E-state index in [-0.39, 0.29) is 30.7 Å². The normalized spacial score (nSPS) is 13.7. The minimum absolute atomic E-state index is 0.209. The average Bonchev–Trinajstić information content (AvgIpc) is 3.00. The van der Waals surface area contributed by atoms with Crippen LogP contribution in [-0.4, -0.2) is 48.7 Å². The molecule has 0 spiro atoms. The molecule has 1 unspecified atom stereocenters. The fraction of sp³-hybridized carbons (Fsp3) is 0.474. The van der Waals surface area contributed by atoms with Crippen LogP contribution in [0.2, 0.25) is 0 Å². The number of benzene rings is 1. The lowest BCUT2D eigenvalue weighted by atomic mass is 10.1. The molecule has 4 amide bonds. The number of nitrogens with zero attached hydrogens (tertiary/aromatic N) is 1. The molecule has 27 heavy (non-hydrogen) atoms. The predicted octanol–water partition coefficient (Wildman–Crippen LogP) is 0.945. The van der Waals surface area contributed by atoms with E-state index in [0.29, 0.717) is 25.2 Å². The number of hydrogen-bond acceptors (Lipinski definition) is 4. The van der Waals surface area contributed by atoms with Crippen molar-refractivity contribution in [2.24, 2.45) is 0 Å². The van der Waals surface area contributed by atoms with Gasteiger partial charge < -0.3 is 25.6 Å². The molecule has 0 saturated heterocycles. The highest BCUT2D eigenvalue weighted by atomic mass is 16.2. The third kappa shape index (κ3) is 5.06. The highest BCUT2D eigenvalue weighted by molar-refractivity contribution is 6.01. The van der Waals surface area contributed by atoms with Crippen LogP contribution in [0.15, 0.2) is 18.2 Å². The minimum atomic E-state index is -0.679. The molecule has 0 aliphatic carbocycles. The summed E-state index contributed by atoms with van der Waals surface area (Å²) in [5.41, 5.74) is 2.17. The molecule has 3 N–H and O–H groups in total. The molecule has 0 bridgehead atoms. The summed E-state index contributed by atoms with van der Waals surface area (Å²) in [6.07, 6.45) is 2.10. The molecule has 1 aliphatic heterocycles. The Morgan fingerprint density at radius 3 is 2.74 bits per heavy atom. The number of amides is 4. The van der Waals surface area contributed by atoms with Gasteiger partial charge in [0.15, 0.2) is 0 Å². The summed E-state index contributed by atoms with van der Waals surface area (Å²) >= 11 is 0. The van der Waals surface area contributed by atoms with Gasteiger partial charge in [-0.05, 0) is 30.0 Å². The minimum Gasteiger partial charge on any atom is -0.357 e. The summed E-state index contributed by atoms with van der Waals surface area (Å²) in [5.74, 6) is -0.519. The molecule has 1 heterocycles. The number of hydrogen-bond donors (Lipinski definition) is 3. The predicted molar refractivity (Wildman–Crippen MR) is 100.0 cm³/mol. The van der Waals surface area contributed by atoms with Gasteiger partial charge in [-0.1, -0.05) is 19.1 Å². The molecule has 1 aliphatic rings. The van der Waals surface area contributed by atoms with Crippen LogP contribution >= 0.6 is 0 Å². The Hall–Kier alpha value is -2.90. The molecule has 1 aromatic rings. The van der Waals surface area contributed by atoms with Crippen LogP contribution in [-0.2, 0) is 22.7 Å². The van der Waals surface area contributed by atoms with E-state index >= 15 is 0 Å². The van der Waals surface area contributed by atoms with Gasteiger partial charge in [-0.25, -0.2) is 4.79 Å². The maximum Gasteiger partial charge on any atom is 0.315 e. The van der Waals surface area contributed by atoms with Crippen LogP contribution in [0.5, 0.6) is 0 Å². The summed E-state index contributed by atoms with van der Waals surface area (Å²) < 4.78 is 0. The Morgan fingerprint density at radius 2 is 2.07 bits per heavy atom. The number of rotatable bonds is 9. The number of urea groups is 1. The second-order valence-corrected chi connectivity index (χ2v) is 6.41. The summed E-state index contributed by atoms with van der Waals surface area (Å²) in [7, 11) is 1.51. The number of nitrogens with one attached hydrogen (secondary N) is 3. The maximum absolute atomic E-state index is 12.8. The molecule has 1 atom stereocenters. The largest absolute Gasteiger partial charge is 0.357 e. The van der Waals surface area contributed by atoms with Gasteiger partial charge in [-0.3, -0.25) is 9.59 Å². The first-order chi connectivity index (χ1) is 13.0. The van der Waals surface area contributed by atoms with Crippen molar-refractivity contribution >= 4 is 24.1 Å². The van der Waals surface area contributed by atoms with Gasteiger partial charge in [0.25, 0.3) is 5.91 Å². The van der Waals surface area contributed by atoms with Crippen LogP contribution in [0.4, 0.5) is 4.79 Å². The molecule has 0 aromatic heterocycles. The Morgan fingerprint density at radius 1 is 1.30 bits per heavy atom.